The molecule has 2 aromatic rings. The van der Waals surface area contributed by atoms with Crippen LogP contribution in [0.15, 0.2) is 48.5 Å². The molecule has 0 saturated carbocycles. The number of benzene rings is 2. The van der Waals surface area contributed by atoms with Gasteiger partial charge in [0.15, 0.2) is 11.6 Å². The summed E-state index contributed by atoms with van der Waals surface area (Å²) in [5.74, 6) is -3.43. The molecule has 0 aromatic heterocycles. The summed E-state index contributed by atoms with van der Waals surface area (Å²) in [6.07, 6.45) is 0.880. The number of nitrogens with one attached hydrogen (secondary N) is 1. The highest BCUT2D eigenvalue weighted by Gasteiger charge is 2.22. The summed E-state index contributed by atoms with van der Waals surface area (Å²) in [5.41, 5.74) is 0.941. The molecule has 0 aliphatic rings. The van der Waals surface area contributed by atoms with Crippen molar-refractivity contribution in [3.05, 3.63) is 71.3 Å². The summed E-state index contributed by atoms with van der Waals surface area (Å²) < 4.78 is 30.9. The Morgan fingerprint density at radius 2 is 1.79 bits per heavy atom. The van der Waals surface area contributed by atoms with Crippen LogP contribution in [0.1, 0.15) is 22.3 Å². The van der Waals surface area contributed by atoms with Gasteiger partial charge < -0.3 is 10.1 Å². The van der Waals surface area contributed by atoms with Crippen LogP contribution in [0.5, 0.6) is 0 Å². The Balaban J connectivity index is 2.06. The summed E-state index contributed by atoms with van der Waals surface area (Å²) in [5, 5.41) is 2.50. The van der Waals surface area contributed by atoms with E-state index in [4.69, 9.17) is 4.74 Å². The number of hydrogen-bond donors (Lipinski definition) is 1. The average molecular weight is 333 g/mol. The van der Waals surface area contributed by atoms with E-state index < -0.39 is 29.6 Å². The summed E-state index contributed by atoms with van der Waals surface area (Å²) in [7, 11) is 1.22. The molecule has 4 nitrogen and oxygen atoms in total. The van der Waals surface area contributed by atoms with Crippen LogP contribution in [0.2, 0.25) is 0 Å². The van der Waals surface area contributed by atoms with Crippen molar-refractivity contribution in [1.82, 2.24) is 5.32 Å². The second-order valence-corrected chi connectivity index (χ2v) is 5.20. The van der Waals surface area contributed by atoms with Gasteiger partial charge in [0.05, 0.1) is 7.11 Å². The van der Waals surface area contributed by atoms with Gasteiger partial charge in [0.1, 0.15) is 6.04 Å². The molecular formula is C18H17F2NO3. The van der Waals surface area contributed by atoms with Crippen LogP contribution in [0.3, 0.4) is 0 Å². The Bertz CT molecular complexity index is 719. The fourth-order valence-corrected chi connectivity index (χ4v) is 2.23. The highest BCUT2D eigenvalue weighted by Crippen LogP contribution is 2.11. The maximum atomic E-state index is 13.2. The number of rotatable bonds is 6. The summed E-state index contributed by atoms with van der Waals surface area (Å²) in [6.45, 7) is 0. The van der Waals surface area contributed by atoms with Crippen LogP contribution in [-0.4, -0.2) is 25.0 Å². The van der Waals surface area contributed by atoms with E-state index in [1.165, 1.54) is 7.11 Å². The standard InChI is InChI=1S/C18H17F2NO3/c1-24-18(23)16(10-7-12-5-3-2-4-6-12)21-17(22)13-8-9-14(19)15(20)11-13/h2-6,8-9,11,16H,7,10H2,1H3,(H,21,22)/t16-/m1/s1. The van der Waals surface area contributed by atoms with Crippen LogP contribution >= 0.6 is 0 Å². The van der Waals surface area contributed by atoms with Crippen molar-refractivity contribution in [1.29, 1.82) is 0 Å². The minimum atomic E-state index is -1.12. The molecule has 0 heterocycles. The van der Waals surface area contributed by atoms with Gasteiger partial charge in [0.2, 0.25) is 0 Å². The van der Waals surface area contributed by atoms with E-state index in [9.17, 15) is 18.4 Å². The number of ether oxygens (including phenoxy) is 1. The van der Waals surface area contributed by atoms with Crippen molar-refractivity contribution in [2.45, 2.75) is 18.9 Å². The molecule has 0 spiro atoms. The zero-order chi connectivity index (χ0) is 17.5. The van der Waals surface area contributed by atoms with Gasteiger partial charge in [-0.05, 0) is 36.6 Å². The molecule has 1 atom stereocenters. The first-order valence-corrected chi connectivity index (χ1v) is 7.39. The highest BCUT2D eigenvalue weighted by atomic mass is 19.2. The lowest BCUT2D eigenvalue weighted by atomic mass is 10.0. The molecule has 0 aliphatic heterocycles. The van der Waals surface area contributed by atoms with Crippen LogP contribution in [0.25, 0.3) is 0 Å². The Morgan fingerprint density at radius 3 is 2.42 bits per heavy atom. The van der Waals surface area contributed by atoms with Crippen molar-refractivity contribution in [3.8, 4) is 0 Å². The van der Waals surface area contributed by atoms with Crippen LogP contribution in [-0.2, 0) is 16.0 Å². The number of esters is 1. The van der Waals surface area contributed by atoms with E-state index in [1.54, 1.807) is 0 Å². The molecule has 0 bridgehead atoms. The minimum Gasteiger partial charge on any atom is -0.467 e. The third-order valence-corrected chi connectivity index (χ3v) is 3.54. The summed E-state index contributed by atoms with van der Waals surface area (Å²) in [4.78, 5) is 24.0. The normalized spacial score (nSPS) is 11.6. The first-order valence-electron chi connectivity index (χ1n) is 7.39. The summed E-state index contributed by atoms with van der Waals surface area (Å²) in [6, 6.07) is 11.4. The van der Waals surface area contributed by atoms with Crippen LogP contribution in [0, 0.1) is 11.6 Å². The predicted molar refractivity (Wildman–Crippen MR) is 84.4 cm³/mol. The molecule has 0 fully saturated rings. The third kappa shape index (κ3) is 4.62. The minimum absolute atomic E-state index is 0.0671. The van der Waals surface area contributed by atoms with E-state index in [-0.39, 0.29) is 5.56 Å². The highest BCUT2D eigenvalue weighted by molar-refractivity contribution is 5.96. The largest absolute Gasteiger partial charge is 0.467 e. The van der Waals surface area contributed by atoms with E-state index in [0.717, 1.165) is 23.8 Å². The maximum Gasteiger partial charge on any atom is 0.328 e. The van der Waals surface area contributed by atoms with Gasteiger partial charge in [-0.3, -0.25) is 4.79 Å². The Morgan fingerprint density at radius 1 is 1.08 bits per heavy atom. The number of carbonyl (C=O) groups is 2. The molecule has 0 radical (unpaired) electrons. The first kappa shape index (κ1) is 17.6. The lowest BCUT2D eigenvalue weighted by Crippen LogP contribution is -2.41. The molecule has 126 valence electrons. The van der Waals surface area contributed by atoms with E-state index in [1.807, 2.05) is 30.3 Å². The zero-order valence-electron chi connectivity index (χ0n) is 13.1. The number of hydrogen-bond acceptors (Lipinski definition) is 3. The van der Waals surface area contributed by atoms with E-state index in [0.29, 0.717) is 12.8 Å². The van der Waals surface area contributed by atoms with Crippen LogP contribution in [0.4, 0.5) is 8.78 Å². The van der Waals surface area contributed by atoms with Gasteiger partial charge in [0.25, 0.3) is 5.91 Å². The predicted octanol–water partition coefficient (Wildman–Crippen LogP) is 2.87. The van der Waals surface area contributed by atoms with E-state index >= 15 is 0 Å². The average Bonchev–Trinajstić information content (AvgIpc) is 2.60. The zero-order valence-corrected chi connectivity index (χ0v) is 13.1. The molecular weight excluding hydrogens is 316 g/mol. The smallest absolute Gasteiger partial charge is 0.328 e. The lowest BCUT2D eigenvalue weighted by Gasteiger charge is -2.16. The topological polar surface area (TPSA) is 55.4 Å². The van der Waals surface area contributed by atoms with Gasteiger partial charge in [0, 0.05) is 5.56 Å². The number of methoxy groups -OCH3 is 1. The molecule has 1 amide bonds. The SMILES string of the molecule is COC(=O)[C@@H](CCc1ccccc1)NC(=O)c1ccc(F)c(F)c1. The second kappa shape index (κ2) is 8.19. The number of halogens is 2. The Labute approximate surface area is 138 Å². The molecule has 0 unspecified atom stereocenters. The van der Waals surface area contributed by atoms with Crippen molar-refractivity contribution in [2.75, 3.05) is 7.11 Å². The fraction of sp³-hybridized carbons (Fsp3) is 0.222. The van der Waals surface area contributed by atoms with Crippen molar-refractivity contribution < 1.29 is 23.1 Å². The van der Waals surface area contributed by atoms with Crippen molar-refractivity contribution in [3.63, 3.8) is 0 Å². The molecule has 0 saturated heterocycles. The molecule has 1 N–H and O–H groups in total. The van der Waals surface area contributed by atoms with Gasteiger partial charge in [-0.15, -0.1) is 0 Å². The molecule has 2 rings (SSSR count). The van der Waals surface area contributed by atoms with Gasteiger partial charge in [-0.25, -0.2) is 13.6 Å². The van der Waals surface area contributed by atoms with Gasteiger partial charge >= 0.3 is 5.97 Å². The number of carbonyl (C=O) groups excluding carboxylic acids is 2. The van der Waals surface area contributed by atoms with Crippen molar-refractivity contribution in [2.24, 2.45) is 0 Å². The summed E-state index contributed by atoms with van der Waals surface area (Å²) >= 11 is 0. The molecule has 0 aliphatic carbocycles. The first-order chi connectivity index (χ1) is 11.5. The van der Waals surface area contributed by atoms with Gasteiger partial charge in [-0.2, -0.15) is 0 Å². The number of aryl methyl sites for hydroxylation is 1. The van der Waals surface area contributed by atoms with Gasteiger partial charge in [-0.1, -0.05) is 30.3 Å². The second-order valence-electron chi connectivity index (χ2n) is 5.20. The fourth-order valence-electron chi connectivity index (χ4n) is 2.23. The third-order valence-electron chi connectivity index (χ3n) is 3.54. The van der Waals surface area contributed by atoms with Crippen LogP contribution < -0.4 is 5.32 Å². The van der Waals surface area contributed by atoms with Crippen molar-refractivity contribution >= 4 is 11.9 Å². The molecule has 24 heavy (non-hydrogen) atoms. The lowest BCUT2D eigenvalue weighted by molar-refractivity contribution is -0.143. The van der Waals surface area contributed by atoms with E-state index in [2.05, 4.69) is 5.32 Å². The Hall–Kier alpha value is -2.76. The molecule has 6 heteroatoms. The monoisotopic (exact) mass is 333 g/mol. The maximum absolute atomic E-state index is 13.2. The quantitative estimate of drug-likeness (QED) is 0.827. The Kier molecular flexibility index (Phi) is 6.01. The number of amides is 1. The molecule has 2 aromatic carbocycles.